The second kappa shape index (κ2) is 5.59. The van der Waals surface area contributed by atoms with Gasteiger partial charge < -0.3 is 15.9 Å². The number of nitrogens with two attached hydrogens (primary N) is 1. The molecule has 2 aliphatic rings. The van der Waals surface area contributed by atoms with Crippen molar-refractivity contribution in [3.8, 4) is 0 Å². The van der Waals surface area contributed by atoms with Crippen LogP contribution in [0.25, 0.3) is 0 Å². The number of piperidine rings is 1. The lowest BCUT2D eigenvalue weighted by atomic mass is 9.85. The van der Waals surface area contributed by atoms with Crippen LogP contribution in [0.3, 0.4) is 0 Å². The molecule has 4 nitrogen and oxygen atoms in total. The van der Waals surface area contributed by atoms with E-state index in [1.165, 1.54) is 6.21 Å². The molecular formula is C16H22ClN3O. The van der Waals surface area contributed by atoms with Gasteiger partial charge in [-0.05, 0) is 56.5 Å². The molecule has 5 heteroatoms. The summed E-state index contributed by atoms with van der Waals surface area (Å²) in [7, 11) is 0. The molecule has 2 aliphatic heterocycles. The van der Waals surface area contributed by atoms with Gasteiger partial charge in [0.1, 0.15) is 0 Å². The van der Waals surface area contributed by atoms with Crippen molar-refractivity contribution in [3.63, 3.8) is 0 Å². The largest absolute Gasteiger partial charge is 0.398 e. The molecule has 2 heterocycles. The lowest BCUT2D eigenvalue weighted by Crippen LogP contribution is -2.61. The van der Waals surface area contributed by atoms with E-state index in [9.17, 15) is 0 Å². The van der Waals surface area contributed by atoms with E-state index in [2.05, 4.69) is 11.8 Å². The van der Waals surface area contributed by atoms with Crippen LogP contribution in [-0.4, -0.2) is 43.0 Å². The fraction of sp³-hybridized carbons (Fsp3) is 0.562. The Balaban J connectivity index is 1.72. The summed E-state index contributed by atoms with van der Waals surface area (Å²) < 4.78 is 5.36. The third kappa shape index (κ3) is 2.68. The molecule has 0 aromatic heterocycles. The number of hydrogen-bond acceptors (Lipinski definition) is 4. The highest BCUT2D eigenvalue weighted by atomic mass is 35.5. The zero-order valence-electron chi connectivity index (χ0n) is 12.4. The van der Waals surface area contributed by atoms with Gasteiger partial charge in [0.15, 0.2) is 0 Å². The number of rotatable bonds is 3. The molecule has 0 atom stereocenters. The first-order valence-electron chi connectivity index (χ1n) is 7.46. The lowest BCUT2D eigenvalue weighted by molar-refractivity contribution is -0.136. The van der Waals surface area contributed by atoms with Crippen LogP contribution in [0.2, 0.25) is 5.02 Å². The Morgan fingerprint density at radius 3 is 2.57 bits per heavy atom. The minimum absolute atomic E-state index is 0.234. The van der Waals surface area contributed by atoms with Crippen molar-refractivity contribution in [1.29, 1.82) is 5.41 Å². The van der Waals surface area contributed by atoms with Crippen molar-refractivity contribution in [3.05, 3.63) is 28.3 Å². The average Bonchev–Trinajstić information content (AvgIpc) is 2.47. The number of benzene rings is 1. The molecule has 0 aliphatic carbocycles. The Hall–Kier alpha value is -1.10. The van der Waals surface area contributed by atoms with E-state index in [4.69, 9.17) is 27.5 Å². The fourth-order valence-electron chi connectivity index (χ4n) is 3.37. The third-order valence-corrected chi connectivity index (χ3v) is 5.21. The quantitative estimate of drug-likeness (QED) is 0.667. The zero-order chi connectivity index (χ0) is 15.0. The zero-order valence-corrected chi connectivity index (χ0v) is 13.1. The maximum absolute atomic E-state index is 7.34. The Labute approximate surface area is 130 Å². The Kier molecular flexibility index (Phi) is 3.95. The summed E-state index contributed by atoms with van der Waals surface area (Å²) in [5, 5.41) is 8.07. The van der Waals surface area contributed by atoms with Crippen LogP contribution in [0.1, 0.15) is 36.8 Å². The second-order valence-electron chi connectivity index (χ2n) is 6.40. The molecule has 3 rings (SSSR count). The molecule has 21 heavy (non-hydrogen) atoms. The molecule has 0 saturated carbocycles. The van der Waals surface area contributed by atoms with E-state index < -0.39 is 0 Å². The average molecular weight is 308 g/mol. The van der Waals surface area contributed by atoms with Crippen LogP contribution in [-0.2, 0) is 4.74 Å². The van der Waals surface area contributed by atoms with E-state index in [1.807, 2.05) is 12.1 Å². The summed E-state index contributed by atoms with van der Waals surface area (Å²) in [6, 6.07) is 3.77. The molecule has 1 aromatic rings. The smallest absolute Gasteiger partial charge is 0.0671 e. The van der Waals surface area contributed by atoms with Gasteiger partial charge >= 0.3 is 0 Å². The van der Waals surface area contributed by atoms with Gasteiger partial charge in [0.05, 0.1) is 18.8 Å². The van der Waals surface area contributed by atoms with Gasteiger partial charge in [-0.2, -0.15) is 0 Å². The standard InChI is InChI=1S/C16H22ClN3O/c1-16(9-21-10-16)20-4-2-11(3-5-20)13-7-15(19)12(8-18)6-14(13)17/h6-8,11,18H,2-5,9-10,19H2,1H3. The Bertz CT molecular complexity index is 549. The monoisotopic (exact) mass is 307 g/mol. The highest BCUT2D eigenvalue weighted by molar-refractivity contribution is 6.31. The fourth-order valence-corrected chi connectivity index (χ4v) is 3.70. The van der Waals surface area contributed by atoms with Crippen LogP contribution < -0.4 is 5.73 Å². The summed E-state index contributed by atoms with van der Waals surface area (Å²) in [5.74, 6) is 0.459. The number of hydrogen-bond donors (Lipinski definition) is 2. The van der Waals surface area contributed by atoms with Gasteiger partial charge in [0.2, 0.25) is 0 Å². The SMILES string of the molecule is CC1(N2CCC(c3cc(N)c(C=N)cc3Cl)CC2)COC1. The molecule has 1 aromatic carbocycles. The number of nitrogen functional groups attached to an aromatic ring is 1. The van der Waals surface area contributed by atoms with Crippen molar-refractivity contribution in [2.75, 3.05) is 32.0 Å². The van der Waals surface area contributed by atoms with Crippen LogP contribution in [0.15, 0.2) is 12.1 Å². The molecule has 114 valence electrons. The number of nitrogens with one attached hydrogen (secondary N) is 1. The predicted molar refractivity (Wildman–Crippen MR) is 86.5 cm³/mol. The van der Waals surface area contributed by atoms with Gasteiger partial charge in [-0.3, -0.25) is 4.90 Å². The molecule has 0 spiro atoms. The topological polar surface area (TPSA) is 62.3 Å². The maximum Gasteiger partial charge on any atom is 0.0671 e. The number of likely N-dealkylation sites (tertiary alicyclic amines) is 1. The molecular weight excluding hydrogens is 286 g/mol. The number of halogens is 1. The van der Waals surface area contributed by atoms with E-state index in [0.717, 1.165) is 49.7 Å². The lowest BCUT2D eigenvalue weighted by Gasteiger charge is -2.50. The Morgan fingerprint density at radius 1 is 1.38 bits per heavy atom. The molecule has 0 bridgehead atoms. The summed E-state index contributed by atoms with van der Waals surface area (Å²) in [5.41, 5.74) is 8.70. The number of anilines is 1. The van der Waals surface area contributed by atoms with E-state index in [0.29, 0.717) is 17.2 Å². The van der Waals surface area contributed by atoms with Crippen molar-refractivity contribution in [2.45, 2.75) is 31.2 Å². The van der Waals surface area contributed by atoms with Gasteiger partial charge in [-0.1, -0.05) is 11.6 Å². The van der Waals surface area contributed by atoms with E-state index in [1.54, 1.807) is 0 Å². The minimum Gasteiger partial charge on any atom is -0.398 e. The van der Waals surface area contributed by atoms with Gasteiger partial charge in [-0.25, -0.2) is 0 Å². The van der Waals surface area contributed by atoms with E-state index in [-0.39, 0.29) is 5.54 Å². The summed E-state index contributed by atoms with van der Waals surface area (Å²) in [4.78, 5) is 2.54. The first-order valence-corrected chi connectivity index (χ1v) is 7.83. The summed E-state index contributed by atoms with van der Waals surface area (Å²) in [6.45, 7) is 6.12. The first-order chi connectivity index (χ1) is 10.0. The van der Waals surface area contributed by atoms with Crippen molar-refractivity contribution in [1.82, 2.24) is 4.90 Å². The summed E-state index contributed by atoms with van der Waals surface area (Å²) >= 11 is 6.39. The van der Waals surface area contributed by atoms with Gasteiger partial charge in [0, 0.05) is 22.5 Å². The second-order valence-corrected chi connectivity index (χ2v) is 6.81. The van der Waals surface area contributed by atoms with Crippen molar-refractivity contribution < 1.29 is 4.74 Å². The third-order valence-electron chi connectivity index (χ3n) is 4.88. The number of nitrogens with zero attached hydrogens (tertiary/aromatic N) is 1. The van der Waals surface area contributed by atoms with Gasteiger partial charge in [0.25, 0.3) is 0 Å². The van der Waals surface area contributed by atoms with Crippen molar-refractivity contribution >= 4 is 23.5 Å². The molecule has 2 saturated heterocycles. The molecule has 0 amide bonds. The molecule has 3 N–H and O–H groups in total. The number of ether oxygens (including phenoxy) is 1. The first kappa shape index (κ1) is 14.8. The predicted octanol–water partition coefficient (Wildman–Crippen LogP) is 2.89. The van der Waals surface area contributed by atoms with Crippen molar-refractivity contribution in [2.24, 2.45) is 0 Å². The molecule has 0 radical (unpaired) electrons. The van der Waals surface area contributed by atoms with Crippen LogP contribution in [0, 0.1) is 5.41 Å². The Morgan fingerprint density at radius 2 is 2.05 bits per heavy atom. The highest BCUT2D eigenvalue weighted by Gasteiger charge is 2.41. The maximum atomic E-state index is 7.34. The minimum atomic E-state index is 0.234. The molecule has 2 fully saturated rings. The van der Waals surface area contributed by atoms with E-state index >= 15 is 0 Å². The highest BCUT2D eigenvalue weighted by Crippen LogP contribution is 2.37. The van der Waals surface area contributed by atoms with Gasteiger partial charge in [-0.15, -0.1) is 0 Å². The normalized spacial score (nSPS) is 22.8. The summed E-state index contributed by atoms with van der Waals surface area (Å²) in [6.07, 6.45) is 3.45. The van der Waals surface area contributed by atoms with Crippen LogP contribution >= 0.6 is 11.6 Å². The van der Waals surface area contributed by atoms with Crippen LogP contribution in [0.4, 0.5) is 5.69 Å². The van der Waals surface area contributed by atoms with Crippen LogP contribution in [0.5, 0.6) is 0 Å². The molecule has 0 unspecified atom stereocenters.